The van der Waals surface area contributed by atoms with E-state index >= 15 is 0 Å². The van der Waals surface area contributed by atoms with Gasteiger partial charge in [0.1, 0.15) is 0 Å². The molecule has 2 aromatic heterocycles. The number of fused-ring (bicyclic) bond motifs is 4. The van der Waals surface area contributed by atoms with Gasteiger partial charge >= 0.3 is 0 Å². The van der Waals surface area contributed by atoms with Crippen LogP contribution in [0.3, 0.4) is 0 Å². The highest BCUT2D eigenvalue weighted by molar-refractivity contribution is 6.10. The van der Waals surface area contributed by atoms with Crippen LogP contribution in [0.5, 0.6) is 0 Å². The third-order valence-corrected chi connectivity index (χ3v) is 9.06. The van der Waals surface area contributed by atoms with Crippen LogP contribution in [0.4, 0.5) is 17.1 Å². The SMILES string of the molecule is c1ccc(-c2nccnc2-c2ccc(N(c3ccc4ccccc4c3)c3ccc4c(c3)c3ccccc3n4-c3ccccc3)cc2)cc1. The Morgan fingerprint density at radius 3 is 1.73 bits per heavy atom. The first-order valence-electron chi connectivity index (χ1n) is 16.2. The molecule has 4 nitrogen and oxygen atoms in total. The van der Waals surface area contributed by atoms with E-state index in [0.29, 0.717) is 0 Å². The average molecular weight is 615 g/mol. The van der Waals surface area contributed by atoms with Gasteiger partial charge in [-0.05, 0) is 71.4 Å². The Kier molecular flexibility index (Phi) is 6.76. The predicted molar refractivity (Wildman–Crippen MR) is 199 cm³/mol. The minimum atomic E-state index is 0.864. The van der Waals surface area contributed by atoms with Gasteiger partial charge in [-0.15, -0.1) is 0 Å². The van der Waals surface area contributed by atoms with Gasteiger partial charge in [-0.2, -0.15) is 0 Å². The second kappa shape index (κ2) is 11.7. The monoisotopic (exact) mass is 614 g/mol. The molecule has 226 valence electrons. The maximum absolute atomic E-state index is 4.76. The Bertz CT molecular complexity index is 2550. The predicted octanol–water partition coefficient (Wildman–Crippen LogP) is 11.5. The number of hydrogen-bond donors (Lipinski definition) is 0. The molecule has 0 fully saturated rings. The molecule has 0 saturated carbocycles. The van der Waals surface area contributed by atoms with Crippen molar-refractivity contribution < 1.29 is 0 Å². The molecule has 0 saturated heterocycles. The van der Waals surface area contributed by atoms with Gasteiger partial charge in [-0.25, -0.2) is 0 Å². The van der Waals surface area contributed by atoms with Crippen molar-refractivity contribution in [1.29, 1.82) is 0 Å². The van der Waals surface area contributed by atoms with Crippen LogP contribution in [0.1, 0.15) is 0 Å². The standard InChI is InChI=1S/C44H30N4/c1-3-12-32(13-4-1)43-44(46-28-27-45-43)33-20-22-36(23-21-33)47(37-24-19-31-11-7-8-14-34(31)29-37)38-25-26-42-40(30-38)39-17-9-10-18-41(39)48(42)35-15-5-2-6-16-35/h1-30H. The molecule has 0 unspecified atom stereocenters. The molecular weight excluding hydrogens is 585 g/mol. The van der Waals surface area contributed by atoms with Gasteiger partial charge in [0, 0.05) is 57.0 Å². The van der Waals surface area contributed by atoms with Gasteiger partial charge in [-0.3, -0.25) is 9.97 Å². The molecule has 0 amide bonds. The maximum atomic E-state index is 4.76. The maximum Gasteiger partial charge on any atom is 0.0965 e. The van der Waals surface area contributed by atoms with Gasteiger partial charge < -0.3 is 9.47 Å². The van der Waals surface area contributed by atoms with Gasteiger partial charge in [0.2, 0.25) is 0 Å². The van der Waals surface area contributed by atoms with Crippen LogP contribution in [0.25, 0.3) is 60.8 Å². The molecule has 0 spiro atoms. The van der Waals surface area contributed by atoms with Crippen molar-refractivity contribution in [2.75, 3.05) is 4.90 Å². The number of nitrogens with zero attached hydrogens (tertiary/aromatic N) is 4. The Labute approximate surface area is 278 Å². The molecule has 0 aliphatic rings. The molecule has 4 heteroatoms. The van der Waals surface area contributed by atoms with Crippen LogP contribution in [-0.2, 0) is 0 Å². The summed E-state index contributed by atoms with van der Waals surface area (Å²) in [6.45, 7) is 0. The number of aromatic nitrogens is 3. The normalized spacial score (nSPS) is 11.3. The number of rotatable bonds is 6. The van der Waals surface area contributed by atoms with Gasteiger partial charge in [-0.1, -0.05) is 109 Å². The van der Waals surface area contributed by atoms with Crippen LogP contribution < -0.4 is 4.90 Å². The molecule has 0 N–H and O–H groups in total. The first-order valence-corrected chi connectivity index (χ1v) is 16.2. The fourth-order valence-electron chi connectivity index (χ4n) is 6.84. The van der Waals surface area contributed by atoms with Crippen molar-refractivity contribution in [3.63, 3.8) is 0 Å². The topological polar surface area (TPSA) is 34.0 Å². The summed E-state index contributed by atoms with van der Waals surface area (Å²) in [6.07, 6.45) is 3.52. The molecule has 9 aromatic rings. The molecule has 0 aliphatic heterocycles. The van der Waals surface area contributed by atoms with Gasteiger partial charge in [0.25, 0.3) is 0 Å². The first-order chi connectivity index (χ1) is 23.8. The van der Waals surface area contributed by atoms with E-state index in [9.17, 15) is 0 Å². The average Bonchev–Trinajstić information content (AvgIpc) is 3.50. The van der Waals surface area contributed by atoms with E-state index < -0.39 is 0 Å². The van der Waals surface area contributed by atoms with E-state index in [-0.39, 0.29) is 0 Å². The third-order valence-electron chi connectivity index (χ3n) is 9.06. The molecule has 48 heavy (non-hydrogen) atoms. The quantitative estimate of drug-likeness (QED) is 0.187. The molecule has 9 rings (SSSR count). The molecule has 0 atom stereocenters. The van der Waals surface area contributed by atoms with Crippen molar-refractivity contribution in [2.45, 2.75) is 0 Å². The first kappa shape index (κ1) is 27.8. The highest BCUT2D eigenvalue weighted by Gasteiger charge is 2.18. The number of hydrogen-bond acceptors (Lipinski definition) is 3. The van der Waals surface area contributed by atoms with E-state index in [1.165, 1.54) is 32.6 Å². The summed E-state index contributed by atoms with van der Waals surface area (Å²) in [4.78, 5) is 11.8. The van der Waals surface area contributed by atoms with E-state index in [4.69, 9.17) is 9.97 Å². The lowest BCUT2D eigenvalue weighted by atomic mass is 10.0. The van der Waals surface area contributed by atoms with Crippen LogP contribution in [0.15, 0.2) is 182 Å². The summed E-state index contributed by atoms with van der Waals surface area (Å²) in [5.41, 5.74) is 10.6. The fourth-order valence-corrected chi connectivity index (χ4v) is 6.84. The Morgan fingerprint density at radius 1 is 0.396 bits per heavy atom. The lowest BCUT2D eigenvalue weighted by molar-refractivity contribution is 1.18. The highest BCUT2D eigenvalue weighted by atomic mass is 15.1. The van der Waals surface area contributed by atoms with Gasteiger partial charge in [0.05, 0.1) is 22.4 Å². The van der Waals surface area contributed by atoms with E-state index in [1.807, 2.05) is 18.2 Å². The van der Waals surface area contributed by atoms with Crippen LogP contribution in [0, 0.1) is 0 Å². The summed E-state index contributed by atoms with van der Waals surface area (Å²) < 4.78 is 2.36. The fraction of sp³-hybridized carbons (Fsp3) is 0. The van der Waals surface area contributed by atoms with Gasteiger partial charge in [0.15, 0.2) is 0 Å². The minimum Gasteiger partial charge on any atom is -0.310 e. The highest BCUT2D eigenvalue weighted by Crippen LogP contribution is 2.41. The number of benzene rings is 7. The summed E-state index contributed by atoms with van der Waals surface area (Å²) in [5.74, 6) is 0. The Hall–Kier alpha value is -6.52. The molecule has 2 heterocycles. The van der Waals surface area contributed by atoms with Crippen molar-refractivity contribution >= 4 is 49.6 Å². The zero-order valence-electron chi connectivity index (χ0n) is 26.1. The smallest absolute Gasteiger partial charge is 0.0965 e. The van der Waals surface area contributed by atoms with Crippen LogP contribution >= 0.6 is 0 Å². The second-order valence-electron chi connectivity index (χ2n) is 11.9. The number of anilines is 3. The van der Waals surface area contributed by atoms with Crippen molar-refractivity contribution in [3.05, 3.63) is 182 Å². The molecule has 0 bridgehead atoms. The van der Waals surface area contributed by atoms with E-state index in [2.05, 4.69) is 161 Å². The van der Waals surface area contributed by atoms with E-state index in [1.54, 1.807) is 12.4 Å². The molecule has 0 aliphatic carbocycles. The Balaban J connectivity index is 1.21. The third kappa shape index (κ3) is 4.79. The molecule has 7 aromatic carbocycles. The molecule has 0 radical (unpaired) electrons. The zero-order chi connectivity index (χ0) is 31.9. The second-order valence-corrected chi connectivity index (χ2v) is 11.9. The summed E-state index contributed by atoms with van der Waals surface area (Å²) in [6, 6.07) is 60.2. The summed E-state index contributed by atoms with van der Waals surface area (Å²) >= 11 is 0. The largest absolute Gasteiger partial charge is 0.310 e. The van der Waals surface area contributed by atoms with Crippen LogP contribution in [0.2, 0.25) is 0 Å². The lowest BCUT2D eigenvalue weighted by Gasteiger charge is -2.26. The number of para-hydroxylation sites is 2. The summed E-state index contributed by atoms with van der Waals surface area (Å²) in [7, 11) is 0. The van der Waals surface area contributed by atoms with Crippen molar-refractivity contribution in [1.82, 2.24) is 14.5 Å². The minimum absolute atomic E-state index is 0.864. The Morgan fingerprint density at radius 2 is 0.958 bits per heavy atom. The van der Waals surface area contributed by atoms with Crippen LogP contribution in [-0.4, -0.2) is 14.5 Å². The van der Waals surface area contributed by atoms with Crippen molar-refractivity contribution in [3.8, 4) is 28.2 Å². The van der Waals surface area contributed by atoms with Crippen molar-refractivity contribution in [2.24, 2.45) is 0 Å². The summed E-state index contributed by atoms with van der Waals surface area (Å²) in [5, 5.41) is 4.85. The van der Waals surface area contributed by atoms with E-state index in [0.717, 1.165) is 45.3 Å². The zero-order valence-corrected chi connectivity index (χ0v) is 26.1. The molecular formula is C44H30N4. The lowest BCUT2D eigenvalue weighted by Crippen LogP contribution is -2.10.